The van der Waals surface area contributed by atoms with Crippen molar-refractivity contribution in [3.05, 3.63) is 77.9 Å². The molecule has 3 N–H and O–H groups in total. The van der Waals surface area contributed by atoms with E-state index in [1.165, 1.54) is 10.5 Å². The second kappa shape index (κ2) is 10.5. The number of fused-ring (bicyclic) bond motifs is 1. The molecule has 35 heavy (non-hydrogen) atoms. The van der Waals surface area contributed by atoms with E-state index in [4.69, 9.17) is 10.5 Å². The van der Waals surface area contributed by atoms with Crippen LogP contribution in [0, 0.1) is 11.5 Å². The summed E-state index contributed by atoms with van der Waals surface area (Å²) in [4.78, 5) is 19.0. The minimum Gasteiger partial charge on any atom is -0.496 e. The number of benzene rings is 3. The maximum Gasteiger partial charge on any atom is 0.255 e. The Hall–Kier alpha value is -4.05. The summed E-state index contributed by atoms with van der Waals surface area (Å²) < 4.78 is 5.54. The Morgan fingerprint density at radius 3 is 2.49 bits per heavy atom. The van der Waals surface area contributed by atoms with E-state index >= 15 is 0 Å². The fourth-order valence-corrected chi connectivity index (χ4v) is 5.19. The van der Waals surface area contributed by atoms with Crippen molar-refractivity contribution >= 4 is 22.6 Å². The van der Waals surface area contributed by atoms with Crippen LogP contribution in [0.1, 0.15) is 41.6 Å². The maximum absolute atomic E-state index is 13.5. The number of aliphatic imine (C=N–C) groups is 1. The number of hydrogen-bond donors (Lipinski definition) is 2. The molecule has 3 aromatic rings. The zero-order chi connectivity index (χ0) is 24.8. The lowest BCUT2D eigenvalue weighted by molar-refractivity contribution is 0.0931. The molecule has 1 aliphatic carbocycles. The molecule has 0 aliphatic heterocycles. The van der Waals surface area contributed by atoms with Crippen molar-refractivity contribution in [2.75, 3.05) is 20.7 Å². The van der Waals surface area contributed by atoms with Crippen LogP contribution in [0.2, 0.25) is 0 Å². The molecule has 0 radical (unpaired) electrons. The van der Waals surface area contributed by atoms with Crippen molar-refractivity contribution in [1.82, 2.24) is 10.2 Å². The number of nitrogens with two attached hydrogens (primary N) is 1. The van der Waals surface area contributed by atoms with Crippen LogP contribution in [0.5, 0.6) is 5.75 Å². The van der Waals surface area contributed by atoms with Gasteiger partial charge in [-0.3, -0.25) is 9.79 Å². The number of hydrogen-bond acceptors (Lipinski definition) is 4. The number of ether oxygens (including phenoxy) is 1. The van der Waals surface area contributed by atoms with Gasteiger partial charge in [0.05, 0.1) is 12.7 Å². The van der Waals surface area contributed by atoms with Gasteiger partial charge in [-0.15, -0.1) is 0 Å². The van der Waals surface area contributed by atoms with Gasteiger partial charge in [-0.25, -0.2) is 4.90 Å². The van der Waals surface area contributed by atoms with Gasteiger partial charge in [-0.2, -0.15) is 5.26 Å². The molecule has 0 spiro atoms. The minimum atomic E-state index is -0.246. The van der Waals surface area contributed by atoms with E-state index in [1.54, 1.807) is 14.2 Å². The summed E-state index contributed by atoms with van der Waals surface area (Å²) in [6.07, 6.45) is 5.34. The molecule has 0 saturated heterocycles. The molecule has 0 heterocycles. The average Bonchev–Trinajstić information content (AvgIpc) is 2.92. The first-order chi connectivity index (χ1) is 17.0. The molecule has 180 valence electrons. The molecule has 1 fully saturated rings. The lowest BCUT2D eigenvalue weighted by Crippen LogP contribution is -2.49. The van der Waals surface area contributed by atoms with E-state index < -0.39 is 0 Å². The van der Waals surface area contributed by atoms with E-state index in [2.05, 4.69) is 28.6 Å². The third-order valence-corrected chi connectivity index (χ3v) is 7.17. The highest BCUT2D eigenvalue weighted by Gasteiger charge is 2.39. The topological polar surface area (TPSA) is 104 Å². The molecular weight excluding hydrogens is 438 g/mol. The number of guanidine groups is 1. The van der Waals surface area contributed by atoms with E-state index in [-0.39, 0.29) is 23.3 Å². The fourth-order valence-electron chi connectivity index (χ4n) is 5.19. The van der Waals surface area contributed by atoms with Crippen LogP contribution in [0.3, 0.4) is 0 Å². The summed E-state index contributed by atoms with van der Waals surface area (Å²) in [6.45, 7) is 0.485. The standard InChI is InChI=1S/C28H31N5O2/c1-31-27(30)33(19-29)22-14-16-28(17-15-22,21-9-4-3-5-10-21)18-32-26(34)25-23-11-7-6-8-20(23)12-13-24(25)35-2/h3-13,22H,14-18H2,1-2H3,(H2,30,31)(H,32,34). The van der Waals surface area contributed by atoms with Crippen LogP contribution in [0.4, 0.5) is 0 Å². The molecule has 3 aromatic carbocycles. The van der Waals surface area contributed by atoms with Crippen LogP contribution in [0.15, 0.2) is 71.7 Å². The quantitative estimate of drug-likeness (QED) is 0.244. The Bertz CT molecular complexity index is 1260. The van der Waals surface area contributed by atoms with Gasteiger partial charge in [-0.05, 0) is 48.1 Å². The number of amides is 1. The van der Waals surface area contributed by atoms with E-state index in [1.807, 2.05) is 54.6 Å². The average molecular weight is 470 g/mol. The summed E-state index contributed by atoms with van der Waals surface area (Å²) in [7, 11) is 3.17. The zero-order valence-electron chi connectivity index (χ0n) is 20.2. The first-order valence-corrected chi connectivity index (χ1v) is 11.8. The summed E-state index contributed by atoms with van der Waals surface area (Å²) in [5, 5.41) is 14.7. The fraction of sp³-hybridized carbons (Fsp3) is 0.321. The van der Waals surface area contributed by atoms with Gasteiger partial charge in [0.25, 0.3) is 5.91 Å². The summed E-state index contributed by atoms with van der Waals surface area (Å²) in [5.41, 5.74) is 7.44. The van der Waals surface area contributed by atoms with Gasteiger partial charge in [0, 0.05) is 25.0 Å². The molecule has 0 unspecified atom stereocenters. The van der Waals surface area contributed by atoms with Gasteiger partial charge >= 0.3 is 0 Å². The molecule has 1 amide bonds. The van der Waals surface area contributed by atoms with Gasteiger partial charge in [0.2, 0.25) is 5.96 Å². The highest BCUT2D eigenvalue weighted by molar-refractivity contribution is 6.09. The van der Waals surface area contributed by atoms with Crippen molar-refractivity contribution in [2.24, 2.45) is 10.7 Å². The summed E-state index contributed by atoms with van der Waals surface area (Å²) in [5.74, 6) is 0.635. The number of methoxy groups -OCH3 is 1. The number of nitriles is 1. The molecular formula is C28H31N5O2. The molecule has 4 rings (SSSR count). The lowest BCUT2D eigenvalue weighted by Gasteiger charge is -2.42. The Kier molecular flexibility index (Phi) is 7.21. The smallest absolute Gasteiger partial charge is 0.255 e. The minimum absolute atomic E-state index is 0.00519. The molecule has 0 bridgehead atoms. The maximum atomic E-state index is 13.5. The molecule has 1 saturated carbocycles. The Morgan fingerprint density at radius 2 is 1.83 bits per heavy atom. The number of nitrogens with one attached hydrogen (secondary N) is 1. The zero-order valence-corrected chi connectivity index (χ0v) is 20.2. The summed E-state index contributed by atoms with van der Waals surface area (Å²) in [6, 6.07) is 21.9. The monoisotopic (exact) mass is 469 g/mol. The largest absolute Gasteiger partial charge is 0.496 e. The number of nitrogens with zero attached hydrogens (tertiary/aromatic N) is 3. The number of carbonyl (C=O) groups excluding carboxylic acids is 1. The van der Waals surface area contributed by atoms with E-state index in [9.17, 15) is 10.1 Å². The van der Waals surface area contributed by atoms with E-state index in [0.29, 0.717) is 17.9 Å². The van der Waals surface area contributed by atoms with Crippen LogP contribution >= 0.6 is 0 Å². The normalized spacial score (nSPS) is 20.1. The van der Waals surface area contributed by atoms with Crippen LogP contribution in [-0.4, -0.2) is 43.5 Å². The van der Waals surface area contributed by atoms with Gasteiger partial charge in [0.15, 0.2) is 6.19 Å². The first kappa shape index (κ1) is 24.1. The van der Waals surface area contributed by atoms with E-state index in [0.717, 1.165) is 36.5 Å². The van der Waals surface area contributed by atoms with Crippen molar-refractivity contribution in [3.63, 3.8) is 0 Å². The second-order valence-electron chi connectivity index (χ2n) is 8.98. The SMILES string of the molecule is CN=C(N)N(C#N)C1CCC(CNC(=O)c2c(OC)ccc3ccccc23)(c2ccccc2)CC1. The Morgan fingerprint density at radius 1 is 1.14 bits per heavy atom. The van der Waals surface area contributed by atoms with Gasteiger partial charge in [0.1, 0.15) is 5.75 Å². The first-order valence-electron chi connectivity index (χ1n) is 11.8. The van der Waals surface area contributed by atoms with Crippen molar-refractivity contribution in [3.8, 4) is 11.9 Å². The molecule has 1 aliphatic rings. The highest BCUT2D eigenvalue weighted by atomic mass is 16.5. The van der Waals surface area contributed by atoms with Crippen LogP contribution in [0.25, 0.3) is 10.8 Å². The van der Waals surface area contributed by atoms with Crippen molar-refractivity contribution in [1.29, 1.82) is 5.26 Å². The second-order valence-corrected chi connectivity index (χ2v) is 8.98. The predicted octanol–water partition coefficient (Wildman–Crippen LogP) is 4.19. The molecule has 0 atom stereocenters. The third-order valence-electron chi connectivity index (χ3n) is 7.17. The third kappa shape index (κ3) is 4.78. The Labute approximate surface area is 206 Å². The molecule has 7 heteroatoms. The van der Waals surface area contributed by atoms with Crippen molar-refractivity contribution in [2.45, 2.75) is 37.1 Å². The van der Waals surface area contributed by atoms with Crippen LogP contribution < -0.4 is 15.8 Å². The summed E-state index contributed by atoms with van der Waals surface area (Å²) >= 11 is 0. The van der Waals surface area contributed by atoms with Gasteiger partial charge in [-0.1, -0.05) is 60.7 Å². The van der Waals surface area contributed by atoms with Gasteiger partial charge < -0.3 is 15.8 Å². The molecule has 7 nitrogen and oxygen atoms in total. The highest BCUT2D eigenvalue weighted by Crippen LogP contribution is 2.40. The Balaban J connectivity index is 1.60. The predicted molar refractivity (Wildman–Crippen MR) is 138 cm³/mol. The van der Waals surface area contributed by atoms with Crippen molar-refractivity contribution < 1.29 is 9.53 Å². The lowest BCUT2D eigenvalue weighted by atomic mass is 9.68. The number of rotatable bonds is 6. The number of carbonyl (C=O) groups is 1. The molecule has 0 aromatic heterocycles. The van der Waals surface area contributed by atoms with Crippen LogP contribution in [-0.2, 0) is 5.41 Å².